The molecule has 18 heavy (non-hydrogen) atoms. The number of aliphatic hydroxyl groups is 1. The van der Waals surface area contributed by atoms with Gasteiger partial charge in [-0.15, -0.1) is 0 Å². The van der Waals surface area contributed by atoms with Gasteiger partial charge in [0.15, 0.2) is 0 Å². The van der Waals surface area contributed by atoms with Crippen LogP contribution in [0.1, 0.15) is 18.6 Å². The molecule has 0 spiro atoms. The van der Waals surface area contributed by atoms with E-state index in [1.165, 1.54) is 0 Å². The molecule has 0 radical (unpaired) electrons. The Morgan fingerprint density at radius 2 is 1.94 bits per heavy atom. The highest BCUT2D eigenvalue weighted by atomic mass is 32.2. The summed E-state index contributed by atoms with van der Waals surface area (Å²) < 4.78 is 5.09. The minimum Gasteiger partial charge on any atom is -0.497 e. The van der Waals surface area contributed by atoms with E-state index in [0.29, 0.717) is 12.5 Å². The van der Waals surface area contributed by atoms with Crippen LogP contribution in [0.25, 0.3) is 0 Å². The molecule has 0 aliphatic heterocycles. The Hall–Kier alpha value is -0.710. The van der Waals surface area contributed by atoms with Crippen LogP contribution in [0.15, 0.2) is 24.3 Å². The summed E-state index contributed by atoms with van der Waals surface area (Å²) in [5.74, 6) is 2.58. The van der Waals surface area contributed by atoms with E-state index in [0.717, 1.165) is 23.6 Å². The molecule has 1 rings (SSSR count). The SMILES string of the molecule is COc1ccc(C(O)CNCC(C)CSC)cc1. The molecule has 2 unspecified atom stereocenters. The lowest BCUT2D eigenvalue weighted by atomic mass is 10.1. The zero-order valence-electron chi connectivity index (χ0n) is 11.3. The van der Waals surface area contributed by atoms with Crippen LogP contribution in [0, 0.1) is 5.92 Å². The van der Waals surface area contributed by atoms with Crippen LogP contribution in [-0.4, -0.2) is 37.3 Å². The van der Waals surface area contributed by atoms with E-state index < -0.39 is 6.10 Å². The summed E-state index contributed by atoms with van der Waals surface area (Å²) in [7, 11) is 1.64. The van der Waals surface area contributed by atoms with E-state index in [2.05, 4.69) is 18.5 Å². The predicted molar refractivity (Wildman–Crippen MR) is 78.4 cm³/mol. The first-order chi connectivity index (χ1) is 8.67. The van der Waals surface area contributed by atoms with Crippen molar-refractivity contribution in [3.05, 3.63) is 29.8 Å². The molecule has 102 valence electrons. The second-order valence-electron chi connectivity index (χ2n) is 4.51. The molecule has 3 nitrogen and oxygen atoms in total. The van der Waals surface area contributed by atoms with E-state index in [1.807, 2.05) is 36.0 Å². The Kier molecular flexibility index (Phi) is 7.16. The van der Waals surface area contributed by atoms with E-state index in [1.54, 1.807) is 7.11 Å². The van der Waals surface area contributed by atoms with Crippen LogP contribution in [0.5, 0.6) is 5.75 Å². The largest absolute Gasteiger partial charge is 0.497 e. The van der Waals surface area contributed by atoms with Gasteiger partial charge in [0.1, 0.15) is 5.75 Å². The maximum atomic E-state index is 10.0. The summed E-state index contributed by atoms with van der Waals surface area (Å²) in [5.41, 5.74) is 0.917. The average molecular weight is 269 g/mol. The number of benzene rings is 1. The third kappa shape index (κ3) is 5.29. The molecule has 0 saturated heterocycles. The lowest BCUT2D eigenvalue weighted by Gasteiger charge is -2.15. The molecule has 0 bridgehead atoms. The normalized spacial score (nSPS) is 14.2. The van der Waals surface area contributed by atoms with E-state index >= 15 is 0 Å². The van der Waals surface area contributed by atoms with Crippen molar-refractivity contribution in [3.63, 3.8) is 0 Å². The zero-order valence-corrected chi connectivity index (χ0v) is 12.2. The van der Waals surface area contributed by atoms with Crippen molar-refractivity contribution in [3.8, 4) is 5.75 Å². The van der Waals surface area contributed by atoms with Crippen LogP contribution in [0.4, 0.5) is 0 Å². The summed E-state index contributed by atoms with van der Waals surface area (Å²) in [6, 6.07) is 7.54. The number of thioether (sulfide) groups is 1. The molecular formula is C14H23NO2S. The molecule has 0 aliphatic carbocycles. The van der Waals surface area contributed by atoms with Crippen molar-refractivity contribution in [1.29, 1.82) is 0 Å². The fourth-order valence-corrected chi connectivity index (χ4v) is 2.44. The number of hydrogen-bond acceptors (Lipinski definition) is 4. The molecule has 0 fully saturated rings. The Balaban J connectivity index is 2.33. The molecule has 1 aromatic rings. The lowest BCUT2D eigenvalue weighted by molar-refractivity contribution is 0.173. The second kappa shape index (κ2) is 8.40. The summed E-state index contributed by atoms with van der Waals surface area (Å²) in [6.07, 6.45) is 1.65. The number of hydrogen-bond donors (Lipinski definition) is 2. The average Bonchev–Trinajstić information content (AvgIpc) is 2.39. The molecule has 4 heteroatoms. The monoisotopic (exact) mass is 269 g/mol. The van der Waals surface area contributed by atoms with E-state index in [4.69, 9.17) is 4.74 Å². The molecule has 0 heterocycles. The number of aliphatic hydroxyl groups excluding tert-OH is 1. The molecule has 0 aliphatic rings. The predicted octanol–water partition coefficient (Wildman–Crippen LogP) is 2.32. The third-order valence-corrected chi connectivity index (χ3v) is 3.68. The van der Waals surface area contributed by atoms with Crippen molar-refractivity contribution in [2.45, 2.75) is 13.0 Å². The van der Waals surface area contributed by atoms with Gasteiger partial charge >= 0.3 is 0 Å². The summed E-state index contributed by atoms with van der Waals surface area (Å²) >= 11 is 1.85. The van der Waals surface area contributed by atoms with Gasteiger partial charge < -0.3 is 15.2 Å². The smallest absolute Gasteiger partial charge is 0.118 e. The Bertz CT molecular complexity index is 329. The highest BCUT2D eigenvalue weighted by molar-refractivity contribution is 7.98. The minimum atomic E-state index is -0.461. The zero-order chi connectivity index (χ0) is 13.4. The molecule has 1 aromatic carbocycles. The van der Waals surface area contributed by atoms with Gasteiger partial charge in [0.2, 0.25) is 0 Å². The highest BCUT2D eigenvalue weighted by Crippen LogP contribution is 2.17. The Morgan fingerprint density at radius 3 is 2.50 bits per heavy atom. The summed E-state index contributed by atoms with van der Waals surface area (Å²) in [5, 5.41) is 13.3. The van der Waals surface area contributed by atoms with Crippen LogP contribution < -0.4 is 10.1 Å². The van der Waals surface area contributed by atoms with Crippen molar-refractivity contribution in [2.24, 2.45) is 5.92 Å². The topological polar surface area (TPSA) is 41.5 Å². The summed E-state index contributed by atoms with van der Waals surface area (Å²) in [4.78, 5) is 0. The summed E-state index contributed by atoms with van der Waals surface area (Å²) in [6.45, 7) is 3.74. The molecule has 2 N–H and O–H groups in total. The van der Waals surface area contributed by atoms with Crippen molar-refractivity contribution < 1.29 is 9.84 Å². The fourth-order valence-electron chi connectivity index (χ4n) is 1.75. The van der Waals surface area contributed by atoms with E-state index in [-0.39, 0.29) is 0 Å². The van der Waals surface area contributed by atoms with Gasteiger partial charge in [0.05, 0.1) is 13.2 Å². The van der Waals surface area contributed by atoms with Gasteiger partial charge in [-0.2, -0.15) is 11.8 Å². The van der Waals surface area contributed by atoms with Crippen LogP contribution in [0.2, 0.25) is 0 Å². The molecule has 0 aromatic heterocycles. The molecule has 0 amide bonds. The Labute approximate surface area is 114 Å². The number of nitrogens with one attached hydrogen (secondary N) is 1. The number of ether oxygens (including phenoxy) is 1. The standard InChI is InChI=1S/C14H23NO2S/c1-11(10-18-3)8-15-9-14(16)12-4-6-13(17-2)7-5-12/h4-7,11,14-16H,8-10H2,1-3H3. The fraction of sp³-hybridized carbons (Fsp3) is 0.571. The first kappa shape index (κ1) is 15.3. The number of rotatable bonds is 8. The van der Waals surface area contributed by atoms with E-state index in [9.17, 15) is 5.11 Å². The first-order valence-electron chi connectivity index (χ1n) is 6.19. The van der Waals surface area contributed by atoms with Crippen molar-refractivity contribution in [2.75, 3.05) is 32.2 Å². The van der Waals surface area contributed by atoms with Crippen LogP contribution in [-0.2, 0) is 0 Å². The van der Waals surface area contributed by atoms with Gasteiger partial charge in [0.25, 0.3) is 0 Å². The molecule has 2 atom stereocenters. The highest BCUT2D eigenvalue weighted by Gasteiger charge is 2.08. The second-order valence-corrected chi connectivity index (χ2v) is 5.42. The quantitative estimate of drug-likeness (QED) is 0.760. The maximum absolute atomic E-state index is 10.0. The van der Waals surface area contributed by atoms with Crippen LogP contribution >= 0.6 is 11.8 Å². The molecular weight excluding hydrogens is 246 g/mol. The van der Waals surface area contributed by atoms with Gasteiger partial charge in [-0.3, -0.25) is 0 Å². The van der Waals surface area contributed by atoms with Gasteiger partial charge in [-0.05, 0) is 42.2 Å². The third-order valence-electron chi connectivity index (χ3n) is 2.78. The van der Waals surface area contributed by atoms with Gasteiger partial charge in [-0.25, -0.2) is 0 Å². The van der Waals surface area contributed by atoms with Crippen molar-refractivity contribution in [1.82, 2.24) is 5.32 Å². The lowest BCUT2D eigenvalue weighted by Crippen LogP contribution is -2.27. The first-order valence-corrected chi connectivity index (χ1v) is 7.58. The van der Waals surface area contributed by atoms with Gasteiger partial charge in [0, 0.05) is 6.54 Å². The maximum Gasteiger partial charge on any atom is 0.118 e. The van der Waals surface area contributed by atoms with Gasteiger partial charge in [-0.1, -0.05) is 19.1 Å². The Morgan fingerprint density at radius 1 is 1.28 bits per heavy atom. The van der Waals surface area contributed by atoms with Crippen molar-refractivity contribution >= 4 is 11.8 Å². The minimum absolute atomic E-state index is 0.461. The molecule has 0 saturated carbocycles. The van der Waals surface area contributed by atoms with Crippen LogP contribution in [0.3, 0.4) is 0 Å². The number of methoxy groups -OCH3 is 1.